The molecule has 1 aliphatic rings. The van der Waals surface area contributed by atoms with Crippen molar-refractivity contribution in [1.82, 2.24) is 20.4 Å². The highest BCUT2D eigenvalue weighted by molar-refractivity contribution is 5.93. The van der Waals surface area contributed by atoms with Gasteiger partial charge in [-0.3, -0.25) is 9.78 Å². The van der Waals surface area contributed by atoms with E-state index in [0.29, 0.717) is 11.5 Å². The van der Waals surface area contributed by atoms with Gasteiger partial charge in [0, 0.05) is 36.6 Å². The summed E-state index contributed by atoms with van der Waals surface area (Å²) in [6.45, 7) is 4.75. The maximum absolute atomic E-state index is 12.8. The number of hydrogen-bond donors (Lipinski definition) is 1. The molecule has 0 aromatic carbocycles. The molecule has 2 aromatic heterocycles. The lowest BCUT2D eigenvalue weighted by Crippen LogP contribution is -2.46. The molecule has 1 saturated heterocycles. The Hall–Kier alpha value is -1.63. The van der Waals surface area contributed by atoms with Crippen LogP contribution in [0.2, 0.25) is 0 Å². The summed E-state index contributed by atoms with van der Waals surface area (Å²) in [7, 11) is 0. The molecular formula is C17H24Cl2N4O2. The Morgan fingerprint density at radius 2 is 2.12 bits per heavy atom. The van der Waals surface area contributed by atoms with Gasteiger partial charge in [0.15, 0.2) is 11.5 Å². The highest BCUT2D eigenvalue weighted by Gasteiger charge is 2.27. The molecule has 138 valence electrons. The number of amides is 1. The second kappa shape index (κ2) is 10.4. The van der Waals surface area contributed by atoms with Gasteiger partial charge in [0.25, 0.3) is 5.91 Å². The molecule has 1 fully saturated rings. The van der Waals surface area contributed by atoms with Crippen LogP contribution in [-0.4, -0.2) is 46.6 Å². The van der Waals surface area contributed by atoms with Gasteiger partial charge in [-0.15, -0.1) is 24.8 Å². The summed E-state index contributed by atoms with van der Waals surface area (Å²) in [5, 5.41) is 7.32. The van der Waals surface area contributed by atoms with Crippen molar-refractivity contribution >= 4 is 30.7 Å². The molecular weight excluding hydrogens is 363 g/mol. The Labute approximate surface area is 160 Å². The number of nitrogens with zero attached hydrogens (tertiary/aromatic N) is 3. The third kappa shape index (κ3) is 5.17. The smallest absolute Gasteiger partial charge is 0.276 e. The average molecular weight is 387 g/mol. The summed E-state index contributed by atoms with van der Waals surface area (Å²) in [6, 6.07) is 5.71. The second-order valence-corrected chi connectivity index (χ2v) is 5.80. The highest BCUT2D eigenvalue weighted by Crippen LogP contribution is 2.21. The van der Waals surface area contributed by atoms with Crippen LogP contribution in [-0.2, 0) is 0 Å². The van der Waals surface area contributed by atoms with Crippen molar-refractivity contribution in [1.29, 1.82) is 0 Å². The molecule has 6 nitrogen and oxygen atoms in total. The van der Waals surface area contributed by atoms with Crippen molar-refractivity contribution in [2.45, 2.75) is 32.2 Å². The summed E-state index contributed by atoms with van der Waals surface area (Å²) in [5.41, 5.74) is 1.19. The molecule has 0 aliphatic carbocycles. The summed E-state index contributed by atoms with van der Waals surface area (Å²) in [4.78, 5) is 18.9. The van der Waals surface area contributed by atoms with Crippen molar-refractivity contribution in [3.8, 4) is 11.3 Å². The van der Waals surface area contributed by atoms with Crippen molar-refractivity contribution in [3.63, 3.8) is 0 Å². The Balaban J connectivity index is 0.00000156. The summed E-state index contributed by atoms with van der Waals surface area (Å²) in [5.74, 6) is 0.529. The minimum atomic E-state index is -0.0439. The number of carbonyl (C=O) groups excluding carboxylic acids is 1. The zero-order valence-electron chi connectivity index (χ0n) is 14.2. The molecule has 0 radical (unpaired) electrons. The molecule has 0 saturated carbocycles. The van der Waals surface area contributed by atoms with E-state index in [1.54, 1.807) is 18.5 Å². The molecule has 1 amide bonds. The molecule has 1 aliphatic heterocycles. The normalized spacial score (nSPS) is 14.3. The van der Waals surface area contributed by atoms with Crippen LogP contribution in [0.25, 0.3) is 11.3 Å². The number of rotatable bonds is 5. The van der Waals surface area contributed by atoms with E-state index in [1.807, 2.05) is 17.0 Å². The van der Waals surface area contributed by atoms with Crippen LogP contribution < -0.4 is 5.32 Å². The summed E-state index contributed by atoms with van der Waals surface area (Å²) < 4.78 is 5.34. The van der Waals surface area contributed by atoms with Gasteiger partial charge in [0.05, 0.1) is 0 Å². The molecule has 25 heavy (non-hydrogen) atoms. The molecule has 8 heteroatoms. The first-order valence-corrected chi connectivity index (χ1v) is 8.18. The van der Waals surface area contributed by atoms with E-state index in [4.69, 9.17) is 4.52 Å². The van der Waals surface area contributed by atoms with Gasteiger partial charge in [-0.2, -0.15) is 0 Å². The van der Waals surface area contributed by atoms with Gasteiger partial charge in [0.1, 0.15) is 0 Å². The zero-order chi connectivity index (χ0) is 16.1. The lowest BCUT2D eigenvalue weighted by atomic mass is 10.0. The first kappa shape index (κ1) is 21.4. The molecule has 2 aromatic rings. The predicted octanol–water partition coefficient (Wildman–Crippen LogP) is 3.18. The van der Waals surface area contributed by atoms with Crippen LogP contribution >= 0.6 is 24.8 Å². The second-order valence-electron chi connectivity index (χ2n) is 5.80. The maximum Gasteiger partial charge on any atom is 0.276 e. The Morgan fingerprint density at radius 3 is 2.76 bits per heavy atom. The van der Waals surface area contributed by atoms with Crippen LogP contribution in [0.3, 0.4) is 0 Å². The number of halogens is 2. The Bertz CT molecular complexity index is 645. The minimum Gasteiger partial charge on any atom is -0.355 e. The lowest BCUT2D eigenvalue weighted by Gasteiger charge is -2.34. The number of nitrogens with one attached hydrogen (secondary N) is 1. The van der Waals surface area contributed by atoms with Crippen LogP contribution in [0.15, 0.2) is 35.1 Å². The quantitative estimate of drug-likeness (QED) is 0.853. The molecule has 3 heterocycles. The van der Waals surface area contributed by atoms with E-state index < -0.39 is 0 Å². The van der Waals surface area contributed by atoms with Gasteiger partial charge in [-0.1, -0.05) is 12.1 Å². The number of hydrogen-bond acceptors (Lipinski definition) is 5. The third-order valence-electron chi connectivity index (χ3n) is 4.15. The lowest BCUT2D eigenvalue weighted by molar-refractivity contribution is 0.0632. The van der Waals surface area contributed by atoms with Crippen LogP contribution in [0, 0.1) is 0 Å². The summed E-state index contributed by atoms with van der Waals surface area (Å²) >= 11 is 0. The van der Waals surface area contributed by atoms with Gasteiger partial charge in [-0.05, 0) is 44.5 Å². The number of piperidine rings is 1. The summed E-state index contributed by atoms with van der Waals surface area (Å²) in [6.07, 6.45) is 6.30. The standard InChI is InChI=1S/C17H22N4O2.2ClH/c1-2-10-21(14-5-8-18-9-6-14)17(22)15-11-16(23-20-15)13-4-3-7-19-12-13;;/h3-4,7,11-12,14,18H,2,5-6,8-10H2,1H3;2*1H. The van der Waals surface area contributed by atoms with Crippen molar-refractivity contribution in [2.24, 2.45) is 0 Å². The maximum atomic E-state index is 12.8. The monoisotopic (exact) mass is 386 g/mol. The van der Waals surface area contributed by atoms with E-state index in [2.05, 4.69) is 22.4 Å². The van der Waals surface area contributed by atoms with Gasteiger partial charge in [-0.25, -0.2) is 0 Å². The highest BCUT2D eigenvalue weighted by atomic mass is 35.5. The fourth-order valence-electron chi connectivity index (χ4n) is 2.98. The average Bonchev–Trinajstić information content (AvgIpc) is 3.11. The van der Waals surface area contributed by atoms with Crippen molar-refractivity contribution in [3.05, 3.63) is 36.3 Å². The van der Waals surface area contributed by atoms with Crippen LogP contribution in [0.5, 0.6) is 0 Å². The first-order chi connectivity index (χ1) is 11.3. The van der Waals surface area contributed by atoms with Crippen LogP contribution in [0.4, 0.5) is 0 Å². The SMILES string of the molecule is CCCN(C(=O)c1cc(-c2cccnc2)on1)C1CCNCC1.Cl.Cl. The minimum absolute atomic E-state index is 0. The zero-order valence-corrected chi connectivity index (χ0v) is 15.8. The number of pyridine rings is 1. The Kier molecular flexibility index (Phi) is 8.89. The largest absolute Gasteiger partial charge is 0.355 e. The topological polar surface area (TPSA) is 71.3 Å². The van der Waals surface area contributed by atoms with Crippen molar-refractivity contribution < 1.29 is 9.32 Å². The van der Waals surface area contributed by atoms with E-state index in [1.165, 1.54) is 0 Å². The van der Waals surface area contributed by atoms with E-state index in [0.717, 1.165) is 44.5 Å². The van der Waals surface area contributed by atoms with Crippen LogP contribution in [0.1, 0.15) is 36.7 Å². The molecule has 0 unspecified atom stereocenters. The predicted molar refractivity (Wildman–Crippen MR) is 101 cm³/mol. The number of aromatic nitrogens is 2. The van der Waals surface area contributed by atoms with E-state index in [-0.39, 0.29) is 36.8 Å². The van der Waals surface area contributed by atoms with Gasteiger partial charge < -0.3 is 14.7 Å². The fraction of sp³-hybridized carbons (Fsp3) is 0.471. The van der Waals surface area contributed by atoms with E-state index in [9.17, 15) is 4.79 Å². The molecule has 3 rings (SSSR count). The Morgan fingerprint density at radius 1 is 1.36 bits per heavy atom. The van der Waals surface area contributed by atoms with Gasteiger partial charge in [0.2, 0.25) is 0 Å². The molecule has 1 N–H and O–H groups in total. The molecule has 0 atom stereocenters. The fourth-order valence-corrected chi connectivity index (χ4v) is 2.98. The van der Waals surface area contributed by atoms with E-state index >= 15 is 0 Å². The molecule has 0 bridgehead atoms. The van der Waals surface area contributed by atoms with Gasteiger partial charge >= 0.3 is 0 Å². The number of carbonyl (C=O) groups is 1. The third-order valence-corrected chi connectivity index (χ3v) is 4.15. The first-order valence-electron chi connectivity index (χ1n) is 8.18. The molecule has 0 spiro atoms. The van der Waals surface area contributed by atoms with Crippen molar-refractivity contribution in [2.75, 3.05) is 19.6 Å².